The summed E-state index contributed by atoms with van der Waals surface area (Å²) in [6.45, 7) is 3.18. The van der Waals surface area contributed by atoms with Crippen molar-refractivity contribution in [2.24, 2.45) is 0 Å². The first kappa shape index (κ1) is 20.6. The third-order valence-electron chi connectivity index (χ3n) is 5.54. The van der Waals surface area contributed by atoms with Gasteiger partial charge in [0.05, 0.1) is 6.61 Å². The van der Waals surface area contributed by atoms with E-state index in [4.69, 9.17) is 9.15 Å². The molecule has 8 heteroatoms. The summed E-state index contributed by atoms with van der Waals surface area (Å²) in [7, 11) is 0. The minimum atomic E-state index is -1.42. The Morgan fingerprint density at radius 2 is 1.57 bits per heavy atom. The molecule has 3 aromatic rings. The maximum absolute atomic E-state index is 10.5. The van der Waals surface area contributed by atoms with E-state index in [1.54, 1.807) is 13.0 Å². The van der Waals surface area contributed by atoms with E-state index in [0.29, 0.717) is 17.3 Å². The fraction of sp³-hybridized carbons (Fsp3) is 0.364. The van der Waals surface area contributed by atoms with Gasteiger partial charge >= 0.3 is 0 Å². The van der Waals surface area contributed by atoms with Crippen molar-refractivity contribution in [3.8, 4) is 22.6 Å². The van der Waals surface area contributed by atoms with Gasteiger partial charge in [-0.15, -0.1) is 10.2 Å². The minimum absolute atomic E-state index is 0.450. The van der Waals surface area contributed by atoms with E-state index in [0.717, 1.165) is 22.3 Å². The Hall–Kier alpha value is -2.62. The third-order valence-corrected chi connectivity index (χ3v) is 5.54. The van der Waals surface area contributed by atoms with E-state index in [1.165, 1.54) is 0 Å². The SMILES string of the molecule is Cc1nnc(-c2ccc(-c3cccc([C@H]4OC(CO)[C@@H](O)C(O)C4O)c3C)cc2)o1. The zero-order chi connectivity index (χ0) is 21.4. The normalized spacial score (nSPS) is 26.7. The summed E-state index contributed by atoms with van der Waals surface area (Å²) < 4.78 is 11.2. The molecule has 1 saturated heterocycles. The van der Waals surface area contributed by atoms with Crippen LogP contribution in [0.15, 0.2) is 46.9 Å². The molecule has 30 heavy (non-hydrogen) atoms. The minimum Gasteiger partial charge on any atom is -0.421 e. The van der Waals surface area contributed by atoms with Gasteiger partial charge in [0.15, 0.2) is 0 Å². The molecule has 1 fully saturated rings. The molecule has 4 rings (SSSR count). The van der Waals surface area contributed by atoms with Crippen molar-refractivity contribution in [1.29, 1.82) is 0 Å². The zero-order valence-electron chi connectivity index (χ0n) is 16.6. The first-order valence-electron chi connectivity index (χ1n) is 9.71. The van der Waals surface area contributed by atoms with Gasteiger partial charge in [-0.25, -0.2) is 0 Å². The van der Waals surface area contributed by atoms with Crippen molar-refractivity contribution >= 4 is 0 Å². The number of aryl methyl sites for hydroxylation is 1. The van der Waals surface area contributed by atoms with Gasteiger partial charge in [-0.1, -0.05) is 30.3 Å². The highest BCUT2D eigenvalue weighted by molar-refractivity contribution is 5.71. The van der Waals surface area contributed by atoms with Gasteiger partial charge in [-0.05, 0) is 41.3 Å². The van der Waals surface area contributed by atoms with Crippen LogP contribution in [0, 0.1) is 13.8 Å². The molecule has 1 aliphatic rings. The van der Waals surface area contributed by atoms with Gasteiger partial charge in [0.1, 0.15) is 30.5 Å². The molecule has 2 heterocycles. The van der Waals surface area contributed by atoms with Crippen molar-refractivity contribution < 1.29 is 29.6 Å². The number of nitrogens with zero attached hydrogens (tertiary/aromatic N) is 2. The van der Waals surface area contributed by atoms with Gasteiger partial charge < -0.3 is 29.6 Å². The fourth-order valence-corrected chi connectivity index (χ4v) is 3.84. The van der Waals surface area contributed by atoms with Gasteiger partial charge in [0.25, 0.3) is 0 Å². The number of aromatic nitrogens is 2. The van der Waals surface area contributed by atoms with E-state index in [-0.39, 0.29) is 0 Å². The van der Waals surface area contributed by atoms with E-state index < -0.39 is 37.1 Å². The molecular weight excluding hydrogens is 388 g/mol. The molecule has 0 spiro atoms. The molecule has 0 amide bonds. The van der Waals surface area contributed by atoms with Crippen molar-refractivity contribution in [3.05, 3.63) is 59.5 Å². The van der Waals surface area contributed by atoms with Crippen molar-refractivity contribution in [3.63, 3.8) is 0 Å². The molecule has 0 bridgehead atoms. The molecule has 1 aliphatic heterocycles. The highest BCUT2D eigenvalue weighted by Gasteiger charge is 2.44. The summed E-state index contributed by atoms with van der Waals surface area (Å²) in [5.74, 6) is 0.947. The second-order valence-corrected chi connectivity index (χ2v) is 7.47. The Morgan fingerprint density at radius 1 is 0.867 bits per heavy atom. The molecule has 0 saturated carbocycles. The van der Waals surface area contributed by atoms with Crippen LogP contribution in [0.1, 0.15) is 23.1 Å². The molecule has 0 aliphatic carbocycles. The second kappa shape index (κ2) is 8.25. The van der Waals surface area contributed by atoms with Crippen LogP contribution >= 0.6 is 0 Å². The summed E-state index contributed by atoms with van der Waals surface area (Å²) in [6, 6.07) is 13.3. The first-order chi connectivity index (χ1) is 14.4. The summed E-state index contributed by atoms with van der Waals surface area (Å²) in [6.07, 6.45) is -5.94. The third kappa shape index (κ3) is 3.64. The second-order valence-electron chi connectivity index (χ2n) is 7.47. The predicted molar refractivity (Wildman–Crippen MR) is 107 cm³/mol. The van der Waals surface area contributed by atoms with Gasteiger partial charge in [-0.3, -0.25) is 0 Å². The van der Waals surface area contributed by atoms with Crippen LogP contribution in [-0.2, 0) is 4.74 Å². The average Bonchev–Trinajstić information content (AvgIpc) is 3.19. The topological polar surface area (TPSA) is 129 Å². The van der Waals surface area contributed by atoms with E-state index in [9.17, 15) is 20.4 Å². The highest BCUT2D eigenvalue weighted by Crippen LogP contribution is 2.37. The molecule has 0 radical (unpaired) electrons. The van der Waals surface area contributed by atoms with Crippen LogP contribution < -0.4 is 0 Å². The standard InChI is InChI=1S/C22H24N2O6/c1-11-15(13-6-8-14(9-7-13)22-24-23-12(2)29-22)4-3-5-16(11)21-20(28)19(27)18(26)17(10-25)30-21/h3-9,17-21,25-28H,10H2,1-2H3/t17?,18-,19?,20?,21-/m1/s1. The average molecular weight is 412 g/mol. The lowest BCUT2D eigenvalue weighted by Gasteiger charge is -2.40. The number of aliphatic hydroxyl groups excluding tert-OH is 4. The number of benzene rings is 2. The number of hydrogen-bond donors (Lipinski definition) is 4. The molecule has 2 aromatic carbocycles. The van der Waals surface area contributed by atoms with E-state index >= 15 is 0 Å². The van der Waals surface area contributed by atoms with Gasteiger partial charge in [-0.2, -0.15) is 0 Å². The Kier molecular flexibility index (Phi) is 5.68. The van der Waals surface area contributed by atoms with Crippen LogP contribution in [-0.4, -0.2) is 61.6 Å². The lowest BCUT2D eigenvalue weighted by Crippen LogP contribution is -2.55. The van der Waals surface area contributed by atoms with Crippen LogP contribution in [0.5, 0.6) is 0 Å². The van der Waals surface area contributed by atoms with Crippen molar-refractivity contribution in [2.45, 2.75) is 44.4 Å². The van der Waals surface area contributed by atoms with Crippen LogP contribution in [0.3, 0.4) is 0 Å². The van der Waals surface area contributed by atoms with Crippen LogP contribution in [0.4, 0.5) is 0 Å². The lowest BCUT2D eigenvalue weighted by atomic mass is 9.87. The Morgan fingerprint density at radius 3 is 2.20 bits per heavy atom. The highest BCUT2D eigenvalue weighted by atomic mass is 16.5. The fourth-order valence-electron chi connectivity index (χ4n) is 3.84. The van der Waals surface area contributed by atoms with Gasteiger partial charge in [0, 0.05) is 12.5 Å². The summed E-state index contributed by atoms with van der Waals surface area (Å²) >= 11 is 0. The predicted octanol–water partition coefficient (Wildman–Crippen LogP) is 1.54. The number of ether oxygens (including phenoxy) is 1. The van der Waals surface area contributed by atoms with E-state index in [2.05, 4.69) is 10.2 Å². The first-order valence-corrected chi connectivity index (χ1v) is 9.71. The molecule has 8 nitrogen and oxygen atoms in total. The Labute approximate surface area is 173 Å². The monoisotopic (exact) mass is 412 g/mol. The van der Waals surface area contributed by atoms with Crippen LogP contribution in [0.2, 0.25) is 0 Å². The molecule has 1 aromatic heterocycles. The summed E-state index contributed by atoms with van der Waals surface area (Å²) in [4.78, 5) is 0. The Bertz CT molecular complexity index is 1020. The summed E-state index contributed by atoms with van der Waals surface area (Å²) in [5, 5.41) is 48.0. The molecular formula is C22H24N2O6. The number of hydrogen-bond acceptors (Lipinski definition) is 8. The largest absolute Gasteiger partial charge is 0.421 e. The molecule has 158 valence electrons. The Balaban J connectivity index is 1.66. The van der Waals surface area contributed by atoms with E-state index in [1.807, 2.05) is 43.3 Å². The van der Waals surface area contributed by atoms with Crippen molar-refractivity contribution in [1.82, 2.24) is 10.2 Å². The zero-order valence-corrected chi connectivity index (χ0v) is 16.6. The molecule has 5 atom stereocenters. The molecule has 3 unspecified atom stereocenters. The summed E-state index contributed by atoms with van der Waals surface area (Å²) in [5.41, 5.74) is 4.22. The van der Waals surface area contributed by atoms with Crippen LogP contribution in [0.25, 0.3) is 22.6 Å². The smallest absolute Gasteiger partial charge is 0.247 e. The maximum Gasteiger partial charge on any atom is 0.247 e. The molecule has 4 N–H and O–H groups in total. The lowest BCUT2D eigenvalue weighted by molar-refractivity contribution is -0.231. The quantitative estimate of drug-likeness (QED) is 0.508. The number of rotatable bonds is 4. The number of aliphatic hydroxyl groups is 4. The van der Waals surface area contributed by atoms with Gasteiger partial charge in [0.2, 0.25) is 11.8 Å². The van der Waals surface area contributed by atoms with Crippen molar-refractivity contribution in [2.75, 3.05) is 6.61 Å². The maximum atomic E-state index is 10.5.